The molecule has 0 spiro atoms. The molecule has 0 amide bonds. The van der Waals surface area contributed by atoms with Crippen molar-refractivity contribution < 1.29 is 42.9 Å². The number of ether oxygens (including phenoxy) is 4. The smallest absolute Gasteiger partial charge is 0.361 e. The molecule has 0 fully saturated rings. The van der Waals surface area contributed by atoms with Crippen molar-refractivity contribution in [2.45, 2.75) is 399 Å². The van der Waals surface area contributed by atoms with E-state index in [0.717, 1.165) is 83.5 Å². The number of carbonyl (C=O) groups is 3. The fraction of sp³-hybridized carbons (Fsp3) is 0.784. The Hall–Kier alpha value is -3.79. The van der Waals surface area contributed by atoms with Gasteiger partial charge in [-0.25, -0.2) is 4.79 Å². The molecule has 0 rings (SSSR count). The lowest BCUT2D eigenvalue weighted by atomic mass is 10.0. The van der Waals surface area contributed by atoms with Gasteiger partial charge in [-0.05, 0) is 96.3 Å². The molecule has 2 unspecified atom stereocenters. The van der Waals surface area contributed by atoms with Crippen molar-refractivity contribution in [3.8, 4) is 0 Å². The quantitative estimate of drug-likeness (QED) is 0.0211. The molecule has 0 aromatic carbocycles. The largest absolute Gasteiger partial charge is 0.477 e. The number of hydrogen-bond acceptors (Lipinski definition) is 7. The number of nitrogens with zero attached hydrogens (tertiary/aromatic N) is 1. The summed E-state index contributed by atoms with van der Waals surface area (Å²) in [5.74, 6) is -1.98. The van der Waals surface area contributed by atoms with E-state index >= 15 is 0 Å². The predicted molar refractivity (Wildman–Crippen MR) is 419 cm³/mol. The SMILES string of the molecule is CC/C=C\C/C=C\C/C=C\C/C=C\C/C=C\C/C=C\CCCCCCCCCCCCCCCCCCCCCCC(=O)OC(COC(=O)CCCCCCCCCCCCCCCCCCCCCCC/C=C\C/C=C\CCCCCCC)COC(OCC[N+](C)(C)C)C(=O)O. The number of carbonyl (C=O) groups excluding carboxylic acids is 2. The van der Waals surface area contributed by atoms with E-state index in [2.05, 4.69) is 111 Å². The van der Waals surface area contributed by atoms with Crippen LogP contribution in [0.1, 0.15) is 386 Å². The molecule has 0 saturated heterocycles. The second-order valence-electron chi connectivity index (χ2n) is 29.1. The molecule has 0 aromatic rings. The highest BCUT2D eigenvalue weighted by atomic mass is 16.7. The standard InChI is InChI=1S/C88H157NO8/c1-6-8-10-12-14-16-18-20-22-24-26-28-30-32-34-36-38-40-41-42-43-44-45-47-49-51-53-55-57-59-61-63-65-67-69-71-73-75-77-79-86(91)97-84(83-96-88(87(92)93)94-81-80-89(3,4)5)82-95-85(90)78-76-74-72-70-68-66-64-62-60-58-56-54-52-50-48-46-39-37-35-33-31-29-27-25-23-21-19-17-15-13-11-9-7-2/h8,10,14,16,19-22,25-28,32,34,38,40,84,88H,6-7,9,11-13,15,17-18,23-24,29-31,33,35-37,39,41-83H2,1-5H3/p+1/b10-8-,16-14-,21-19-,22-20-,27-25-,28-26-,34-32-,40-38-. The van der Waals surface area contributed by atoms with E-state index in [9.17, 15) is 19.5 Å². The van der Waals surface area contributed by atoms with Crippen LogP contribution in [0.2, 0.25) is 0 Å². The van der Waals surface area contributed by atoms with Gasteiger partial charge in [0.1, 0.15) is 13.2 Å². The predicted octanol–water partition coefficient (Wildman–Crippen LogP) is 26.7. The summed E-state index contributed by atoms with van der Waals surface area (Å²) in [4.78, 5) is 37.8. The maximum atomic E-state index is 13.0. The number of hydrogen-bond donors (Lipinski definition) is 1. The zero-order valence-electron chi connectivity index (χ0n) is 64.5. The van der Waals surface area contributed by atoms with Crippen molar-refractivity contribution in [3.05, 3.63) is 97.2 Å². The monoisotopic (exact) mass is 1360 g/mol. The van der Waals surface area contributed by atoms with Crippen LogP contribution >= 0.6 is 0 Å². The Labute approximate surface area is 601 Å². The zero-order chi connectivity index (χ0) is 70.4. The number of unbranched alkanes of at least 4 members (excludes halogenated alkanes) is 46. The summed E-state index contributed by atoms with van der Waals surface area (Å²) < 4.78 is 23.1. The molecular weight excluding hydrogens is 1200 g/mol. The Morgan fingerprint density at radius 3 is 0.876 bits per heavy atom. The lowest BCUT2D eigenvalue weighted by molar-refractivity contribution is -0.870. The summed E-state index contributed by atoms with van der Waals surface area (Å²) in [6.07, 6.45) is 106. The lowest BCUT2D eigenvalue weighted by Crippen LogP contribution is -2.40. The Kier molecular flexibility index (Phi) is 74.9. The molecule has 562 valence electrons. The average molecular weight is 1360 g/mol. The first-order chi connectivity index (χ1) is 47.6. The first-order valence-corrected chi connectivity index (χ1v) is 41.4. The molecule has 2 atom stereocenters. The first-order valence-electron chi connectivity index (χ1n) is 41.4. The lowest BCUT2D eigenvalue weighted by Gasteiger charge is -2.25. The van der Waals surface area contributed by atoms with Crippen LogP contribution in [0.3, 0.4) is 0 Å². The fourth-order valence-electron chi connectivity index (χ4n) is 12.1. The Morgan fingerprint density at radius 2 is 0.588 bits per heavy atom. The molecule has 0 bridgehead atoms. The summed E-state index contributed by atoms with van der Waals surface area (Å²) in [5.41, 5.74) is 0. The zero-order valence-corrected chi connectivity index (χ0v) is 64.5. The third-order valence-corrected chi connectivity index (χ3v) is 18.3. The molecule has 0 aromatic heterocycles. The maximum absolute atomic E-state index is 13.0. The van der Waals surface area contributed by atoms with E-state index in [1.165, 1.54) is 276 Å². The minimum atomic E-state index is -1.51. The van der Waals surface area contributed by atoms with Crippen LogP contribution in [-0.2, 0) is 33.3 Å². The van der Waals surface area contributed by atoms with E-state index in [1.54, 1.807) is 0 Å². The number of carboxylic acid groups (broad SMARTS) is 1. The number of likely N-dealkylation sites (N-methyl/N-ethyl adjacent to an activating group) is 1. The average Bonchev–Trinajstić information content (AvgIpc) is 2.39. The van der Waals surface area contributed by atoms with Gasteiger partial charge < -0.3 is 28.5 Å². The molecule has 0 saturated carbocycles. The molecule has 0 heterocycles. The number of esters is 2. The van der Waals surface area contributed by atoms with Gasteiger partial charge in [-0.2, -0.15) is 0 Å². The highest BCUT2D eigenvalue weighted by Gasteiger charge is 2.25. The van der Waals surface area contributed by atoms with Gasteiger partial charge in [0.05, 0.1) is 34.4 Å². The Balaban J connectivity index is 3.98. The molecule has 0 aliphatic rings. The number of allylic oxidation sites excluding steroid dienone is 16. The van der Waals surface area contributed by atoms with Crippen LogP contribution in [0.4, 0.5) is 0 Å². The highest BCUT2D eigenvalue weighted by molar-refractivity contribution is 5.71. The first kappa shape index (κ1) is 93.2. The minimum absolute atomic E-state index is 0.179. The molecule has 1 N–H and O–H groups in total. The molecule has 9 nitrogen and oxygen atoms in total. The summed E-state index contributed by atoms with van der Waals surface area (Å²) in [6, 6.07) is 0. The molecule has 9 heteroatoms. The van der Waals surface area contributed by atoms with Crippen molar-refractivity contribution in [2.24, 2.45) is 0 Å². The third-order valence-electron chi connectivity index (χ3n) is 18.3. The second kappa shape index (κ2) is 77.9. The maximum Gasteiger partial charge on any atom is 0.361 e. The van der Waals surface area contributed by atoms with Crippen molar-refractivity contribution in [2.75, 3.05) is 47.5 Å². The molecular formula is C88H158NO8+. The van der Waals surface area contributed by atoms with Crippen LogP contribution < -0.4 is 0 Å². The van der Waals surface area contributed by atoms with Gasteiger partial charge in [0.25, 0.3) is 6.29 Å². The molecule has 0 aliphatic carbocycles. The van der Waals surface area contributed by atoms with Crippen LogP contribution in [-0.4, -0.2) is 87.4 Å². The van der Waals surface area contributed by atoms with Crippen LogP contribution in [0.25, 0.3) is 0 Å². The van der Waals surface area contributed by atoms with Gasteiger partial charge in [0.15, 0.2) is 6.10 Å². The number of aliphatic carboxylic acids is 1. The minimum Gasteiger partial charge on any atom is -0.477 e. The van der Waals surface area contributed by atoms with Crippen molar-refractivity contribution in [1.82, 2.24) is 0 Å². The van der Waals surface area contributed by atoms with Crippen LogP contribution in [0, 0.1) is 0 Å². The number of quaternary nitrogens is 1. The van der Waals surface area contributed by atoms with E-state index in [4.69, 9.17) is 18.9 Å². The molecule has 0 aliphatic heterocycles. The van der Waals surface area contributed by atoms with E-state index < -0.39 is 18.4 Å². The van der Waals surface area contributed by atoms with Crippen LogP contribution in [0.15, 0.2) is 97.2 Å². The normalized spacial score (nSPS) is 13.1. The summed E-state index contributed by atoms with van der Waals surface area (Å²) in [6.45, 7) is 4.81. The third kappa shape index (κ3) is 79.4. The van der Waals surface area contributed by atoms with Crippen LogP contribution in [0.5, 0.6) is 0 Å². The summed E-state index contributed by atoms with van der Waals surface area (Å²) in [5, 5.41) is 9.78. The fourth-order valence-corrected chi connectivity index (χ4v) is 12.1. The summed E-state index contributed by atoms with van der Waals surface area (Å²) in [7, 11) is 5.99. The Bertz CT molecular complexity index is 1920. The van der Waals surface area contributed by atoms with Crippen molar-refractivity contribution in [3.63, 3.8) is 0 Å². The number of carboxylic acids is 1. The van der Waals surface area contributed by atoms with Gasteiger partial charge in [-0.3, -0.25) is 9.59 Å². The van der Waals surface area contributed by atoms with Gasteiger partial charge in [0, 0.05) is 12.8 Å². The second-order valence-corrected chi connectivity index (χ2v) is 29.1. The van der Waals surface area contributed by atoms with Crippen molar-refractivity contribution in [1.29, 1.82) is 0 Å². The topological polar surface area (TPSA) is 108 Å². The van der Waals surface area contributed by atoms with E-state index in [-0.39, 0.29) is 38.2 Å². The van der Waals surface area contributed by atoms with Crippen molar-refractivity contribution >= 4 is 17.9 Å². The Morgan fingerprint density at radius 1 is 0.320 bits per heavy atom. The number of rotatable bonds is 77. The van der Waals surface area contributed by atoms with Gasteiger partial charge in [0.2, 0.25) is 0 Å². The molecule has 97 heavy (non-hydrogen) atoms. The van der Waals surface area contributed by atoms with E-state index in [1.807, 2.05) is 21.1 Å². The highest BCUT2D eigenvalue weighted by Crippen LogP contribution is 2.19. The van der Waals surface area contributed by atoms with Gasteiger partial charge in [-0.1, -0.05) is 374 Å². The van der Waals surface area contributed by atoms with E-state index in [0.29, 0.717) is 17.4 Å². The van der Waals surface area contributed by atoms with Gasteiger partial charge >= 0.3 is 17.9 Å². The molecule has 0 radical (unpaired) electrons. The van der Waals surface area contributed by atoms with Gasteiger partial charge in [-0.15, -0.1) is 0 Å². The summed E-state index contributed by atoms with van der Waals surface area (Å²) >= 11 is 0.